The molecule has 9 nitrogen and oxygen atoms in total. The van der Waals surface area contributed by atoms with Crippen LogP contribution in [0.3, 0.4) is 0 Å². The van der Waals surface area contributed by atoms with Crippen LogP contribution in [0.4, 0.5) is 0 Å². The van der Waals surface area contributed by atoms with E-state index in [1.165, 1.54) is 11.0 Å². The zero-order valence-electron chi connectivity index (χ0n) is 15.4. The van der Waals surface area contributed by atoms with E-state index in [0.717, 1.165) is 5.56 Å². The lowest BCUT2D eigenvalue weighted by Gasteiger charge is -2.19. The smallest absolute Gasteiger partial charge is 0.244 e. The molecule has 0 aliphatic carbocycles. The maximum Gasteiger partial charge on any atom is 0.244 e. The molecule has 2 aromatic rings. The van der Waals surface area contributed by atoms with Gasteiger partial charge in [-0.25, -0.2) is 18.6 Å². The summed E-state index contributed by atoms with van der Waals surface area (Å²) in [5.41, 5.74) is 6.69. The van der Waals surface area contributed by atoms with Gasteiger partial charge in [0.1, 0.15) is 16.4 Å². The maximum atomic E-state index is 12.7. The van der Waals surface area contributed by atoms with Crippen LogP contribution in [0.25, 0.3) is 0 Å². The highest BCUT2D eigenvalue weighted by Gasteiger charge is 2.38. The molecule has 0 radical (unpaired) electrons. The molecule has 1 amide bonds. The monoisotopic (exact) mass is 393 g/mol. The number of amides is 1. The second-order valence-electron chi connectivity index (χ2n) is 6.60. The molecule has 0 spiro atoms. The number of aromatic nitrogens is 1. The van der Waals surface area contributed by atoms with Crippen molar-refractivity contribution in [2.24, 2.45) is 5.92 Å². The molecular weight excluding hydrogens is 370 g/mol. The van der Waals surface area contributed by atoms with Gasteiger partial charge in [0.25, 0.3) is 0 Å². The van der Waals surface area contributed by atoms with Gasteiger partial charge in [-0.05, 0) is 18.6 Å². The third-order valence-corrected chi connectivity index (χ3v) is 5.93. The Kier molecular flexibility index (Phi) is 5.61. The topological polar surface area (TPSA) is 117 Å². The van der Waals surface area contributed by atoms with Crippen molar-refractivity contribution >= 4 is 15.9 Å². The minimum atomic E-state index is -3.77. The summed E-state index contributed by atoms with van der Waals surface area (Å²) in [5.74, 6) is 0.225. The fraction of sp³-hybridized carbons (Fsp3) is 0.412. The van der Waals surface area contributed by atoms with Crippen molar-refractivity contribution in [1.82, 2.24) is 25.5 Å². The van der Waals surface area contributed by atoms with Crippen LogP contribution in [0.1, 0.15) is 23.1 Å². The molecule has 2 aromatic heterocycles. The normalized spacial score (nSPS) is 20.0. The van der Waals surface area contributed by atoms with Gasteiger partial charge in [-0.3, -0.25) is 15.2 Å². The summed E-state index contributed by atoms with van der Waals surface area (Å²) in [6, 6.07) is 4.56. The van der Waals surface area contributed by atoms with Gasteiger partial charge < -0.3 is 9.32 Å². The Morgan fingerprint density at radius 3 is 2.89 bits per heavy atom. The highest BCUT2D eigenvalue weighted by molar-refractivity contribution is 7.89. The fourth-order valence-electron chi connectivity index (χ4n) is 2.99. The number of furan rings is 1. The van der Waals surface area contributed by atoms with E-state index in [2.05, 4.69) is 20.6 Å². The van der Waals surface area contributed by atoms with E-state index in [1.807, 2.05) is 0 Å². The van der Waals surface area contributed by atoms with Crippen molar-refractivity contribution < 1.29 is 17.6 Å². The standard InChI is InChI=1S/C17H23N5O4S/c1-11-15(27(24,25)20-9-12-5-4-6-18-8-12)7-14(26-11)16-13(10-19-21-16)17(23)22(2)3/h4-8,13,16,19-21H,9-10H2,1-3H3. The van der Waals surface area contributed by atoms with Gasteiger partial charge in [0.05, 0.1) is 12.0 Å². The summed E-state index contributed by atoms with van der Waals surface area (Å²) in [6.07, 6.45) is 3.22. The second kappa shape index (κ2) is 7.77. The first kappa shape index (κ1) is 19.5. The average molecular weight is 393 g/mol. The molecule has 1 fully saturated rings. The van der Waals surface area contributed by atoms with Crippen LogP contribution in [-0.2, 0) is 21.4 Å². The van der Waals surface area contributed by atoms with Crippen molar-refractivity contribution in [2.45, 2.75) is 24.4 Å². The van der Waals surface area contributed by atoms with Crippen molar-refractivity contribution in [3.05, 3.63) is 47.7 Å². The van der Waals surface area contributed by atoms with Gasteiger partial charge in [-0.2, -0.15) is 0 Å². The number of sulfonamides is 1. The lowest BCUT2D eigenvalue weighted by Crippen LogP contribution is -2.34. The second-order valence-corrected chi connectivity index (χ2v) is 8.33. The summed E-state index contributed by atoms with van der Waals surface area (Å²) >= 11 is 0. The molecule has 1 saturated heterocycles. The maximum absolute atomic E-state index is 12.7. The molecule has 146 valence electrons. The summed E-state index contributed by atoms with van der Waals surface area (Å²) in [6.45, 7) is 2.15. The molecule has 27 heavy (non-hydrogen) atoms. The molecule has 2 unspecified atom stereocenters. The molecule has 3 N–H and O–H groups in total. The minimum Gasteiger partial charge on any atom is -0.463 e. The number of nitrogens with zero attached hydrogens (tertiary/aromatic N) is 2. The molecular formula is C17H23N5O4S. The Labute approximate surface area is 158 Å². The van der Waals surface area contributed by atoms with Crippen LogP contribution < -0.4 is 15.6 Å². The lowest BCUT2D eigenvalue weighted by atomic mass is 9.98. The van der Waals surface area contributed by atoms with Gasteiger partial charge in [-0.1, -0.05) is 6.07 Å². The van der Waals surface area contributed by atoms with Crippen molar-refractivity contribution in [2.75, 3.05) is 20.6 Å². The van der Waals surface area contributed by atoms with Crippen LogP contribution in [0.15, 0.2) is 39.9 Å². The SMILES string of the molecule is Cc1oc(C2NNCC2C(=O)N(C)C)cc1S(=O)(=O)NCc1cccnc1. The number of pyridine rings is 1. The number of aryl methyl sites for hydroxylation is 1. The molecule has 1 aliphatic rings. The molecule has 0 bridgehead atoms. The summed E-state index contributed by atoms with van der Waals surface area (Å²) in [4.78, 5) is 17.9. The third kappa shape index (κ3) is 4.19. The first-order valence-electron chi connectivity index (χ1n) is 8.48. The number of nitrogens with one attached hydrogen (secondary N) is 3. The highest BCUT2D eigenvalue weighted by Crippen LogP contribution is 2.31. The number of hydrogen-bond acceptors (Lipinski definition) is 7. The summed E-state index contributed by atoms with van der Waals surface area (Å²) in [7, 11) is -0.399. The number of carbonyl (C=O) groups is 1. The Hall–Kier alpha value is -2.27. The Morgan fingerprint density at radius 1 is 1.44 bits per heavy atom. The van der Waals surface area contributed by atoms with Crippen LogP contribution in [-0.4, -0.2) is 44.8 Å². The molecule has 1 aliphatic heterocycles. The van der Waals surface area contributed by atoms with E-state index < -0.39 is 16.1 Å². The number of hydrazine groups is 1. The van der Waals surface area contributed by atoms with Gasteiger partial charge in [-0.15, -0.1) is 0 Å². The number of rotatable bonds is 6. The van der Waals surface area contributed by atoms with E-state index in [-0.39, 0.29) is 29.0 Å². The van der Waals surface area contributed by atoms with Crippen LogP contribution >= 0.6 is 0 Å². The molecule has 0 saturated carbocycles. The van der Waals surface area contributed by atoms with Crippen molar-refractivity contribution in [3.63, 3.8) is 0 Å². The summed E-state index contributed by atoms with van der Waals surface area (Å²) in [5, 5.41) is 0. The predicted molar refractivity (Wildman–Crippen MR) is 97.8 cm³/mol. The average Bonchev–Trinajstić information content (AvgIpc) is 3.27. The molecule has 2 atom stereocenters. The molecule has 3 rings (SSSR count). The van der Waals surface area contributed by atoms with Gasteiger partial charge in [0.2, 0.25) is 15.9 Å². The molecule has 10 heteroatoms. The minimum absolute atomic E-state index is 0.0612. The summed E-state index contributed by atoms with van der Waals surface area (Å²) < 4.78 is 33.6. The Morgan fingerprint density at radius 2 is 2.22 bits per heavy atom. The van der Waals surface area contributed by atoms with Gasteiger partial charge >= 0.3 is 0 Å². The van der Waals surface area contributed by atoms with Crippen molar-refractivity contribution in [3.8, 4) is 0 Å². The first-order valence-corrected chi connectivity index (χ1v) is 9.96. The zero-order chi connectivity index (χ0) is 19.6. The van der Waals surface area contributed by atoms with E-state index in [4.69, 9.17) is 4.42 Å². The molecule has 0 aromatic carbocycles. The van der Waals surface area contributed by atoms with E-state index in [0.29, 0.717) is 12.3 Å². The quantitative estimate of drug-likeness (QED) is 0.647. The highest BCUT2D eigenvalue weighted by atomic mass is 32.2. The van der Waals surface area contributed by atoms with Crippen LogP contribution in [0.2, 0.25) is 0 Å². The van der Waals surface area contributed by atoms with Crippen molar-refractivity contribution in [1.29, 1.82) is 0 Å². The van der Waals surface area contributed by atoms with Crippen LogP contribution in [0.5, 0.6) is 0 Å². The zero-order valence-corrected chi connectivity index (χ0v) is 16.2. The van der Waals surface area contributed by atoms with Gasteiger partial charge in [0, 0.05) is 45.6 Å². The predicted octanol–water partition coefficient (Wildman–Crippen LogP) is 0.315. The lowest BCUT2D eigenvalue weighted by molar-refractivity contribution is -0.133. The number of carbonyl (C=O) groups excluding carboxylic acids is 1. The van der Waals surface area contributed by atoms with E-state index >= 15 is 0 Å². The van der Waals surface area contributed by atoms with Crippen LogP contribution in [0, 0.1) is 12.8 Å². The largest absolute Gasteiger partial charge is 0.463 e. The Bertz CT molecular complexity index is 911. The number of hydrogen-bond donors (Lipinski definition) is 3. The van der Waals surface area contributed by atoms with E-state index in [1.54, 1.807) is 45.5 Å². The Balaban J connectivity index is 1.80. The first-order chi connectivity index (χ1) is 12.8. The van der Waals surface area contributed by atoms with E-state index in [9.17, 15) is 13.2 Å². The third-order valence-electron chi connectivity index (χ3n) is 4.42. The molecule has 3 heterocycles. The fourth-order valence-corrected chi connectivity index (χ4v) is 4.20. The van der Waals surface area contributed by atoms with Gasteiger partial charge in [0.15, 0.2) is 0 Å².